The van der Waals surface area contributed by atoms with Crippen molar-refractivity contribution in [2.24, 2.45) is 11.8 Å². The van der Waals surface area contributed by atoms with Crippen molar-refractivity contribution >= 4 is 11.8 Å². The summed E-state index contributed by atoms with van der Waals surface area (Å²) in [6, 6.07) is 1.19. The summed E-state index contributed by atoms with van der Waals surface area (Å²) >= 11 is 0. The SMILES string of the molecule is COC(=O)C(CC1C(=O)c2ccncc2OC1C1CCOCC1)N(C)C. The summed E-state index contributed by atoms with van der Waals surface area (Å²) in [7, 11) is 5.00. The number of ketones is 1. The zero-order valence-electron chi connectivity index (χ0n) is 15.5. The fourth-order valence-electron chi connectivity index (χ4n) is 3.86. The highest BCUT2D eigenvalue weighted by atomic mass is 16.5. The molecule has 2 aliphatic rings. The number of hydrogen-bond donors (Lipinski definition) is 0. The van der Waals surface area contributed by atoms with Crippen LogP contribution in [0, 0.1) is 11.8 Å². The maximum atomic E-state index is 13.2. The van der Waals surface area contributed by atoms with Crippen LogP contribution >= 0.6 is 0 Å². The second-order valence-corrected chi connectivity index (χ2v) is 7.11. The Morgan fingerprint density at radius 3 is 2.77 bits per heavy atom. The summed E-state index contributed by atoms with van der Waals surface area (Å²) in [6.07, 6.45) is 4.96. The van der Waals surface area contributed by atoms with Gasteiger partial charge in [0.25, 0.3) is 0 Å². The third kappa shape index (κ3) is 3.73. The summed E-state index contributed by atoms with van der Waals surface area (Å²) in [4.78, 5) is 31.3. The van der Waals surface area contributed by atoms with Crippen LogP contribution in [0.1, 0.15) is 29.6 Å². The van der Waals surface area contributed by atoms with Crippen molar-refractivity contribution in [2.75, 3.05) is 34.4 Å². The van der Waals surface area contributed by atoms with Gasteiger partial charge in [0.05, 0.1) is 24.8 Å². The first-order valence-corrected chi connectivity index (χ1v) is 8.99. The number of carbonyl (C=O) groups is 2. The highest BCUT2D eigenvalue weighted by molar-refractivity contribution is 6.01. The fourth-order valence-corrected chi connectivity index (χ4v) is 3.86. The van der Waals surface area contributed by atoms with Gasteiger partial charge in [0.1, 0.15) is 17.9 Å². The second kappa shape index (κ2) is 8.14. The zero-order valence-corrected chi connectivity index (χ0v) is 15.5. The van der Waals surface area contributed by atoms with Gasteiger partial charge < -0.3 is 14.2 Å². The van der Waals surface area contributed by atoms with E-state index in [9.17, 15) is 9.59 Å². The molecule has 0 spiro atoms. The Morgan fingerprint density at radius 2 is 2.12 bits per heavy atom. The van der Waals surface area contributed by atoms with Crippen LogP contribution in [0.2, 0.25) is 0 Å². The van der Waals surface area contributed by atoms with E-state index < -0.39 is 12.0 Å². The molecule has 3 heterocycles. The molecule has 0 saturated carbocycles. The van der Waals surface area contributed by atoms with E-state index in [-0.39, 0.29) is 23.8 Å². The van der Waals surface area contributed by atoms with Crippen LogP contribution in [0.15, 0.2) is 18.5 Å². The van der Waals surface area contributed by atoms with Crippen molar-refractivity contribution < 1.29 is 23.8 Å². The summed E-state index contributed by atoms with van der Waals surface area (Å²) in [5.74, 6) is 0.0191. The molecule has 1 aromatic rings. The van der Waals surface area contributed by atoms with E-state index in [1.807, 2.05) is 14.1 Å². The van der Waals surface area contributed by atoms with Crippen LogP contribution in [0.25, 0.3) is 0 Å². The van der Waals surface area contributed by atoms with Crippen molar-refractivity contribution in [3.8, 4) is 5.75 Å². The lowest BCUT2D eigenvalue weighted by atomic mass is 9.77. The monoisotopic (exact) mass is 362 g/mol. The van der Waals surface area contributed by atoms with Gasteiger partial charge in [-0.2, -0.15) is 0 Å². The van der Waals surface area contributed by atoms with Gasteiger partial charge in [0.15, 0.2) is 5.78 Å². The molecule has 1 aromatic heterocycles. The summed E-state index contributed by atoms with van der Waals surface area (Å²) < 4.78 is 16.6. The first-order chi connectivity index (χ1) is 12.5. The average Bonchev–Trinajstić information content (AvgIpc) is 2.67. The van der Waals surface area contributed by atoms with E-state index in [0.29, 0.717) is 30.9 Å². The molecule has 3 atom stereocenters. The molecule has 1 fully saturated rings. The van der Waals surface area contributed by atoms with Crippen LogP contribution in [-0.4, -0.2) is 68.2 Å². The Morgan fingerprint density at radius 1 is 1.38 bits per heavy atom. The lowest BCUT2D eigenvalue weighted by Gasteiger charge is -2.40. The highest BCUT2D eigenvalue weighted by Crippen LogP contribution is 2.38. The number of fused-ring (bicyclic) bond motifs is 1. The van der Waals surface area contributed by atoms with Gasteiger partial charge in [0.2, 0.25) is 0 Å². The van der Waals surface area contributed by atoms with Gasteiger partial charge >= 0.3 is 5.97 Å². The maximum absolute atomic E-state index is 13.2. The number of aromatic nitrogens is 1. The number of rotatable bonds is 5. The number of ether oxygens (including phenoxy) is 3. The lowest BCUT2D eigenvalue weighted by Crippen LogP contribution is -2.49. The first-order valence-electron chi connectivity index (χ1n) is 8.99. The molecule has 3 rings (SSSR count). The van der Waals surface area contributed by atoms with Crippen LogP contribution < -0.4 is 4.74 Å². The van der Waals surface area contributed by atoms with E-state index >= 15 is 0 Å². The number of esters is 1. The average molecular weight is 362 g/mol. The van der Waals surface area contributed by atoms with Crippen molar-refractivity contribution in [1.29, 1.82) is 0 Å². The molecule has 7 nitrogen and oxygen atoms in total. The third-order valence-corrected chi connectivity index (χ3v) is 5.35. The topological polar surface area (TPSA) is 78.0 Å². The fraction of sp³-hybridized carbons (Fsp3) is 0.632. The lowest BCUT2D eigenvalue weighted by molar-refractivity contribution is -0.146. The standard InChI is InChI=1S/C19H26N2O5/c1-21(2)15(19(23)24-3)10-14-17(22)13-4-7-20-11-16(13)26-18(14)12-5-8-25-9-6-12/h4,7,11-12,14-15,18H,5-6,8-10H2,1-3H3. The van der Waals surface area contributed by atoms with Crippen molar-refractivity contribution in [1.82, 2.24) is 9.88 Å². The van der Waals surface area contributed by atoms with Gasteiger partial charge in [-0.25, -0.2) is 0 Å². The number of carbonyl (C=O) groups excluding carboxylic acids is 2. The van der Waals surface area contributed by atoms with Gasteiger partial charge in [-0.1, -0.05) is 0 Å². The minimum Gasteiger partial charge on any atom is -0.487 e. The molecule has 0 bridgehead atoms. The predicted molar refractivity (Wildman–Crippen MR) is 94.1 cm³/mol. The van der Waals surface area contributed by atoms with Gasteiger partial charge in [0, 0.05) is 25.3 Å². The zero-order chi connectivity index (χ0) is 18.7. The second-order valence-electron chi connectivity index (χ2n) is 7.11. The highest BCUT2D eigenvalue weighted by Gasteiger charge is 2.44. The van der Waals surface area contributed by atoms with Crippen LogP contribution in [0.4, 0.5) is 0 Å². The number of nitrogens with zero attached hydrogens (tertiary/aromatic N) is 2. The molecule has 0 aliphatic carbocycles. The minimum atomic E-state index is -0.497. The third-order valence-electron chi connectivity index (χ3n) is 5.35. The molecule has 2 aliphatic heterocycles. The van der Waals surface area contributed by atoms with Gasteiger partial charge in [-0.3, -0.25) is 19.5 Å². The first kappa shape index (κ1) is 18.8. The smallest absolute Gasteiger partial charge is 0.323 e. The Labute approximate surface area is 153 Å². The molecule has 142 valence electrons. The summed E-state index contributed by atoms with van der Waals surface area (Å²) in [5.41, 5.74) is 0.538. The van der Waals surface area contributed by atoms with Crippen molar-refractivity contribution in [2.45, 2.75) is 31.4 Å². The minimum absolute atomic E-state index is 0.0147. The normalized spacial score (nSPS) is 24.7. The van der Waals surface area contributed by atoms with Crippen LogP contribution in [-0.2, 0) is 14.3 Å². The Balaban J connectivity index is 1.91. The summed E-state index contributed by atoms with van der Waals surface area (Å²) in [6.45, 7) is 1.33. The molecule has 3 unspecified atom stereocenters. The largest absolute Gasteiger partial charge is 0.487 e. The van der Waals surface area contributed by atoms with E-state index in [2.05, 4.69) is 4.98 Å². The predicted octanol–water partition coefficient (Wildman–Crippen LogP) is 1.56. The number of hydrogen-bond acceptors (Lipinski definition) is 7. The Hall–Kier alpha value is -1.99. The number of likely N-dealkylation sites (N-methyl/N-ethyl adjacent to an activating group) is 1. The molecule has 0 amide bonds. The molecule has 0 aromatic carbocycles. The van der Waals surface area contributed by atoms with Crippen molar-refractivity contribution in [3.05, 3.63) is 24.0 Å². The van der Waals surface area contributed by atoms with Crippen LogP contribution in [0.3, 0.4) is 0 Å². The molecular formula is C19H26N2O5. The summed E-state index contributed by atoms with van der Waals surface area (Å²) in [5, 5.41) is 0. The van der Waals surface area contributed by atoms with Crippen LogP contribution in [0.5, 0.6) is 5.75 Å². The number of methoxy groups -OCH3 is 1. The molecule has 0 N–H and O–H groups in total. The van der Waals surface area contributed by atoms with E-state index in [1.54, 1.807) is 23.4 Å². The Kier molecular flexibility index (Phi) is 5.88. The maximum Gasteiger partial charge on any atom is 0.323 e. The number of pyridine rings is 1. The van der Waals surface area contributed by atoms with Crippen molar-refractivity contribution in [3.63, 3.8) is 0 Å². The molecule has 0 radical (unpaired) electrons. The van der Waals surface area contributed by atoms with E-state index in [1.165, 1.54) is 7.11 Å². The van der Waals surface area contributed by atoms with Gasteiger partial charge in [-0.05, 0) is 39.4 Å². The van der Waals surface area contributed by atoms with E-state index in [0.717, 1.165) is 12.8 Å². The molecule has 26 heavy (non-hydrogen) atoms. The molecule has 1 saturated heterocycles. The quantitative estimate of drug-likeness (QED) is 0.736. The van der Waals surface area contributed by atoms with Gasteiger partial charge in [-0.15, -0.1) is 0 Å². The Bertz CT molecular complexity index is 657. The molecular weight excluding hydrogens is 336 g/mol. The number of Topliss-reactive ketones (excluding diaryl/α,β-unsaturated/α-hetero) is 1. The molecule has 7 heteroatoms. The van der Waals surface area contributed by atoms with E-state index in [4.69, 9.17) is 14.2 Å².